The zero-order valence-corrected chi connectivity index (χ0v) is 15.9. The van der Waals surface area contributed by atoms with E-state index < -0.39 is 0 Å². The van der Waals surface area contributed by atoms with Gasteiger partial charge in [0.05, 0.1) is 0 Å². The molecule has 5 nitrogen and oxygen atoms in total. The van der Waals surface area contributed by atoms with E-state index in [0.29, 0.717) is 0 Å². The molecule has 0 aromatic heterocycles. The number of amides is 1. The predicted molar refractivity (Wildman–Crippen MR) is 104 cm³/mol. The maximum absolute atomic E-state index is 11.8. The summed E-state index contributed by atoms with van der Waals surface area (Å²) in [6.07, 6.45) is 4.54. The first kappa shape index (κ1) is 19.3. The Balaban J connectivity index is 1.89. The maximum atomic E-state index is 11.8. The summed E-state index contributed by atoms with van der Waals surface area (Å²) in [4.78, 5) is 20.3. The van der Waals surface area contributed by atoms with Crippen molar-refractivity contribution in [2.45, 2.75) is 32.6 Å². The minimum absolute atomic E-state index is 0.0368. The van der Waals surface area contributed by atoms with Crippen molar-refractivity contribution in [2.24, 2.45) is 10.9 Å². The highest BCUT2D eigenvalue weighted by molar-refractivity contribution is 5.84. The van der Waals surface area contributed by atoms with Crippen LogP contribution < -0.4 is 5.32 Å². The molecule has 1 saturated heterocycles. The normalized spacial score (nSPS) is 16.0. The number of aliphatic imine (C=N–C) groups is 1. The number of nitrogens with one attached hydrogen (secondary N) is 1. The number of likely N-dealkylation sites (tertiary alicyclic amines) is 1. The van der Waals surface area contributed by atoms with Gasteiger partial charge in [-0.05, 0) is 37.2 Å². The molecule has 1 aromatic rings. The van der Waals surface area contributed by atoms with Crippen LogP contribution >= 0.6 is 0 Å². The number of carbonyl (C=O) groups is 1. The second kappa shape index (κ2) is 10.1. The summed E-state index contributed by atoms with van der Waals surface area (Å²) >= 11 is 0. The predicted octanol–water partition coefficient (Wildman–Crippen LogP) is 2.38. The van der Waals surface area contributed by atoms with Crippen LogP contribution in [-0.2, 0) is 11.2 Å². The molecule has 1 aromatic carbocycles. The average Bonchev–Trinajstić information content (AvgIpc) is 2.63. The van der Waals surface area contributed by atoms with Crippen molar-refractivity contribution in [1.82, 2.24) is 15.1 Å². The number of piperidine rings is 1. The zero-order chi connectivity index (χ0) is 18.1. The van der Waals surface area contributed by atoms with E-state index in [4.69, 9.17) is 0 Å². The highest BCUT2D eigenvalue weighted by Gasteiger charge is 2.22. The van der Waals surface area contributed by atoms with Gasteiger partial charge in [-0.1, -0.05) is 37.3 Å². The lowest BCUT2D eigenvalue weighted by atomic mass is 9.90. The third-order valence-electron chi connectivity index (χ3n) is 4.68. The van der Waals surface area contributed by atoms with Crippen molar-refractivity contribution in [3.05, 3.63) is 35.9 Å². The van der Waals surface area contributed by atoms with Crippen molar-refractivity contribution in [3.63, 3.8) is 0 Å². The Labute approximate surface area is 152 Å². The van der Waals surface area contributed by atoms with Crippen LogP contribution in [0.2, 0.25) is 0 Å². The van der Waals surface area contributed by atoms with Crippen LogP contribution in [0, 0.1) is 5.92 Å². The summed E-state index contributed by atoms with van der Waals surface area (Å²) in [6.45, 7) is 5.25. The molecule has 0 atom stereocenters. The van der Waals surface area contributed by atoms with Gasteiger partial charge in [-0.15, -0.1) is 0 Å². The molecule has 0 aliphatic carbocycles. The summed E-state index contributed by atoms with van der Waals surface area (Å²) in [5.74, 6) is 1.65. The van der Waals surface area contributed by atoms with Gasteiger partial charge >= 0.3 is 0 Å². The number of rotatable bonds is 6. The molecule has 5 heteroatoms. The van der Waals surface area contributed by atoms with Gasteiger partial charge in [-0.25, -0.2) is 4.99 Å². The third-order valence-corrected chi connectivity index (χ3v) is 4.68. The molecular weight excluding hydrogens is 312 g/mol. The first-order valence-corrected chi connectivity index (χ1v) is 9.37. The minimum atomic E-state index is 0.0368. The fraction of sp³-hybridized carbons (Fsp3) is 0.600. The Morgan fingerprint density at radius 3 is 2.52 bits per heavy atom. The smallest absolute Gasteiger partial charge is 0.243 e. The van der Waals surface area contributed by atoms with Crippen LogP contribution in [0.5, 0.6) is 0 Å². The first-order valence-electron chi connectivity index (χ1n) is 9.37. The van der Waals surface area contributed by atoms with E-state index in [1.165, 1.54) is 18.4 Å². The molecule has 1 heterocycles. The molecule has 0 saturated carbocycles. The highest BCUT2D eigenvalue weighted by Crippen LogP contribution is 2.21. The zero-order valence-electron chi connectivity index (χ0n) is 15.9. The van der Waals surface area contributed by atoms with Crippen molar-refractivity contribution in [1.29, 1.82) is 0 Å². The lowest BCUT2D eigenvalue weighted by Crippen LogP contribution is -2.46. The fourth-order valence-corrected chi connectivity index (χ4v) is 3.08. The van der Waals surface area contributed by atoms with Crippen LogP contribution in [-0.4, -0.2) is 61.9 Å². The summed E-state index contributed by atoms with van der Waals surface area (Å²) < 4.78 is 0. The van der Waals surface area contributed by atoms with E-state index in [2.05, 4.69) is 52.5 Å². The quantitative estimate of drug-likeness (QED) is 0.637. The maximum Gasteiger partial charge on any atom is 0.243 e. The van der Waals surface area contributed by atoms with Gasteiger partial charge in [0.15, 0.2) is 5.96 Å². The molecule has 0 bridgehead atoms. The van der Waals surface area contributed by atoms with Gasteiger partial charge in [0.1, 0.15) is 6.54 Å². The number of likely N-dealkylation sites (N-methyl/N-ethyl adjacent to an activating group) is 1. The molecule has 0 radical (unpaired) electrons. The van der Waals surface area contributed by atoms with Gasteiger partial charge in [0.25, 0.3) is 0 Å². The largest absolute Gasteiger partial charge is 0.356 e. The number of hydrogen-bond acceptors (Lipinski definition) is 2. The second-order valence-electron chi connectivity index (χ2n) is 6.97. The second-order valence-corrected chi connectivity index (χ2v) is 6.97. The Kier molecular flexibility index (Phi) is 7.76. The number of benzene rings is 1. The molecule has 0 unspecified atom stereocenters. The van der Waals surface area contributed by atoms with Gasteiger partial charge < -0.3 is 15.1 Å². The summed E-state index contributed by atoms with van der Waals surface area (Å²) in [5.41, 5.74) is 1.43. The summed E-state index contributed by atoms with van der Waals surface area (Å²) in [7, 11) is 3.54. The summed E-state index contributed by atoms with van der Waals surface area (Å²) in [6, 6.07) is 10.7. The SMILES string of the molecule is CCCNC(=NCC(=O)N(C)C)N1CCC(Cc2ccccc2)CC1. The lowest BCUT2D eigenvalue weighted by Gasteiger charge is -2.34. The van der Waals surface area contributed by atoms with Crippen LogP contribution in [0.15, 0.2) is 35.3 Å². The number of guanidine groups is 1. The number of nitrogens with zero attached hydrogens (tertiary/aromatic N) is 3. The lowest BCUT2D eigenvalue weighted by molar-refractivity contribution is -0.127. The van der Waals surface area contributed by atoms with E-state index in [-0.39, 0.29) is 12.5 Å². The van der Waals surface area contributed by atoms with Crippen molar-refractivity contribution >= 4 is 11.9 Å². The Hall–Kier alpha value is -2.04. The molecule has 1 aliphatic heterocycles. The van der Waals surface area contributed by atoms with Crippen molar-refractivity contribution in [2.75, 3.05) is 40.3 Å². The third kappa shape index (κ3) is 6.40. The van der Waals surface area contributed by atoms with Crippen molar-refractivity contribution < 1.29 is 4.79 Å². The number of carbonyl (C=O) groups excluding carboxylic acids is 1. The monoisotopic (exact) mass is 344 g/mol. The van der Waals surface area contributed by atoms with Gasteiger partial charge in [0.2, 0.25) is 5.91 Å². The molecule has 138 valence electrons. The molecule has 0 spiro atoms. The summed E-state index contributed by atoms with van der Waals surface area (Å²) in [5, 5.41) is 3.40. The molecule has 1 aliphatic rings. The fourth-order valence-electron chi connectivity index (χ4n) is 3.08. The van der Waals surface area contributed by atoms with E-state index >= 15 is 0 Å². The first-order chi connectivity index (χ1) is 12.1. The molecule has 2 rings (SSSR count). The van der Waals surface area contributed by atoms with Crippen LogP contribution in [0.4, 0.5) is 0 Å². The molecule has 1 amide bonds. The molecule has 25 heavy (non-hydrogen) atoms. The van der Waals surface area contributed by atoms with Gasteiger partial charge in [-0.2, -0.15) is 0 Å². The Morgan fingerprint density at radius 2 is 1.92 bits per heavy atom. The van der Waals surface area contributed by atoms with Crippen LogP contribution in [0.3, 0.4) is 0 Å². The average molecular weight is 345 g/mol. The molecular formula is C20H32N4O. The van der Waals surface area contributed by atoms with Crippen LogP contribution in [0.1, 0.15) is 31.7 Å². The Morgan fingerprint density at radius 1 is 1.24 bits per heavy atom. The Bertz CT molecular complexity index is 548. The van der Waals surface area contributed by atoms with Crippen LogP contribution in [0.25, 0.3) is 0 Å². The van der Waals surface area contributed by atoms with Gasteiger partial charge in [-0.3, -0.25) is 4.79 Å². The minimum Gasteiger partial charge on any atom is -0.356 e. The van der Waals surface area contributed by atoms with E-state index in [9.17, 15) is 4.79 Å². The van der Waals surface area contributed by atoms with E-state index in [1.54, 1.807) is 19.0 Å². The highest BCUT2D eigenvalue weighted by atomic mass is 16.2. The molecule has 1 fully saturated rings. The van der Waals surface area contributed by atoms with E-state index in [0.717, 1.165) is 44.4 Å². The van der Waals surface area contributed by atoms with Crippen molar-refractivity contribution in [3.8, 4) is 0 Å². The van der Waals surface area contributed by atoms with Gasteiger partial charge in [0, 0.05) is 33.7 Å². The molecule has 1 N–H and O–H groups in total. The topological polar surface area (TPSA) is 47.9 Å². The number of hydrogen-bond donors (Lipinski definition) is 1. The standard InChI is InChI=1S/C20H32N4O/c1-4-12-21-20(22-16-19(25)23(2)3)24-13-10-18(11-14-24)15-17-8-6-5-7-9-17/h5-9,18H,4,10-16H2,1-3H3,(H,21,22). The van der Waals surface area contributed by atoms with E-state index in [1.807, 2.05) is 0 Å².